The molecule has 0 bridgehead atoms. The number of para-hydroxylation sites is 2. The van der Waals surface area contributed by atoms with Gasteiger partial charge in [-0.05, 0) is 59.3 Å². The van der Waals surface area contributed by atoms with Crippen LogP contribution in [0.5, 0.6) is 0 Å². The monoisotopic (exact) mass is 726 g/mol. The molecule has 1 aliphatic carbocycles. The molecule has 240 valence electrons. The molecule has 4 nitrogen and oxygen atoms in total. The van der Waals surface area contributed by atoms with E-state index in [0.717, 1.165) is 43.7 Å². The summed E-state index contributed by atoms with van der Waals surface area (Å²) in [7, 11) is 0. The summed E-state index contributed by atoms with van der Waals surface area (Å²) in [5.41, 5.74) is 3.82. The number of fused-ring (bicyclic) bond motifs is 5. The van der Waals surface area contributed by atoms with Gasteiger partial charge in [0.25, 0.3) is 0 Å². The van der Waals surface area contributed by atoms with E-state index in [2.05, 4.69) is 0 Å². The van der Waals surface area contributed by atoms with Gasteiger partial charge in [0, 0.05) is 32.7 Å². The molecular formula is C42H22Cl4N2O2. The second-order valence-corrected chi connectivity index (χ2v) is 13.8. The van der Waals surface area contributed by atoms with E-state index >= 15 is 0 Å². The first-order valence-electron chi connectivity index (χ1n) is 15.8. The molecule has 0 saturated heterocycles. The smallest absolute Gasteiger partial charge is 0.197 e. The van der Waals surface area contributed by atoms with Crippen LogP contribution in [0.3, 0.4) is 0 Å². The molecule has 7 aromatic rings. The maximum Gasteiger partial charge on any atom is 0.197 e. The number of halogens is 4. The summed E-state index contributed by atoms with van der Waals surface area (Å²) >= 11 is 27.7. The Bertz CT molecular complexity index is 2540. The zero-order valence-corrected chi connectivity index (χ0v) is 28.9. The van der Waals surface area contributed by atoms with Gasteiger partial charge in [-0.1, -0.05) is 131 Å². The van der Waals surface area contributed by atoms with Gasteiger partial charge in [0.05, 0.1) is 48.4 Å². The second-order valence-electron chi connectivity index (χ2n) is 12.1. The van der Waals surface area contributed by atoms with E-state index < -0.39 is 0 Å². The average Bonchev–Trinajstić information content (AvgIpc) is 3.56. The summed E-state index contributed by atoms with van der Waals surface area (Å²) in [5.74, 6) is -0.0681. The maximum atomic E-state index is 13.9. The van der Waals surface area contributed by atoms with Gasteiger partial charge in [0.1, 0.15) is 5.82 Å². The van der Waals surface area contributed by atoms with E-state index in [4.69, 9.17) is 46.4 Å². The van der Waals surface area contributed by atoms with Gasteiger partial charge in [-0.2, -0.15) is 0 Å². The molecule has 0 aromatic heterocycles. The molecule has 0 atom stereocenters. The molecule has 2 aliphatic rings. The number of ketones is 2. The largest absolute Gasteiger partial charge is 0.292 e. The Hall–Kier alpha value is -5.10. The van der Waals surface area contributed by atoms with Crippen LogP contribution >= 0.6 is 46.4 Å². The third-order valence-electron chi connectivity index (χ3n) is 9.37. The lowest BCUT2D eigenvalue weighted by Crippen LogP contribution is -2.22. The first kappa shape index (κ1) is 30.9. The number of carbonyl (C=O) groups is 2. The number of nitrogens with zero attached hydrogens (tertiary/aromatic N) is 2. The fraction of sp³-hybridized carbons (Fsp3) is 0. The summed E-state index contributed by atoms with van der Waals surface area (Å²) in [6, 6.07) is 38.2. The summed E-state index contributed by atoms with van der Waals surface area (Å²) in [6.45, 7) is 0. The Labute approximate surface area is 307 Å². The lowest BCUT2D eigenvalue weighted by Gasteiger charge is -2.29. The summed E-state index contributed by atoms with van der Waals surface area (Å²) in [6.07, 6.45) is 3.39. The van der Waals surface area contributed by atoms with Crippen LogP contribution < -0.4 is 9.80 Å². The zero-order valence-electron chi connectivity index (χ0n) is 25.9. The molecule has 0 unspecified atom stereocenters. The molecular weight excluding hydrogens is 706 g/mol. The highest BCUT2D eigenvalue weighted by molar-refractivity contribution is 6.43. The SMILES string of the molecule is O=C1C(=CC=C2N(c3c(Cl)cc(Cl)c4ccccc34)c3ccccc3N2c2c(Cl)cc(Cl)c3ccccc23)C(=O)c2cc3ccccc3cc21. The number of Topliss-reactive ketones (excluding diaryl/α,β-unsaturated/α-hetero) is 2. The fourth-order valence-electron chi connectivity index (χ4n) is 7.15. The number of carbonyl (C=O) groups excluding carboxylic acids is 2. The van der Waals surface area contributed by atoms with E-state index in [1.807, 2.05) is 107 Å². The Morgan fingerprint density at radius 3 is 1.30 bits per heavy atom. The van der Waals surface area contributed by atoms with Crippen molar-refractivity contribution in [2.75, 3.05) is 9.80 Å². The van der Waals surface area contributed by atoms with Gasteiger partial charge in [-0.3, -0.25) is 19.4 Å². The molecule has 7 aromatic carbocycles. The van der Waals surface area contributed by atoms with Crippen molar-refractivity contribution in [3.8, 4) is 0 Å². The number of allylic oxidation sites excluding steroid dienone is 3. The molecule has 0 radical (unpaired) electrons. The van der Waals surface area contributed by atoms with Crippen molar-refractivity contribution < 1.29 is 9.59 Å². The molecule has 0 N–H and O–H groups in total. The minimum Gasteiger partial charge on any atom is -0.292 e. The third kappa shape index (κ3) is 4.60. The molecule has 8 heteroatoms. The minimum atomic E-state index is -0.328. The highest BCUT2D eigenvalue weighted by Gasteiger charge is 2.38. The van der Waals surface area contributed by atoms with Crippen molar-refractivity contribution >= 4 is 113 Å². The highest BCUT2D eigenvalue weighted by atomic mass is 35.5. The third-order valence-corrected chi connectivity index (χ3v) is 10.6. The second kappa shape index (κ2) is 11.8. The predicted molar refractivity (Wildman–Crippen MR) is 207 cm³/mol. The topological polar surface area (TPSA) is 40.6 Å². The molecule has 9 rings (SSSR count). The van der Waals surface area contributed by atoms with Crippen LogP contribution in [0.4, 0.5) is 22.7 Å². The van der Waals surface area contributed by atoms with Crippen LogP contribution in [0.2, 0.25) is 20.1 Å². The van der Waals surface area contributed by atoms with E-state index in [1.165, 1.54) is 0 Å². The highest BCUT2D eigenvalue weighted by Crippen LogP contribution is 2.56. The lowest BCUT2D eigenvalue weighted by molar-refractivity contribution is 0.0988. The summed E-state index contributed by atoms with van der Waals surface area (Å²) in [5, 5.41) is 6.94. The number of rotatable bonds is 3. The van der Waals surface area contributed by atoms with E-state index in [1.54, 1.807) is 36.4 Å². The van der Waals surface area contributed by atoms with Crippen molar-refractivity contribution in [3.63, 3.8) is 0 Å². The van der Waals surface area contributed by atoms with Crippen LogP contribution in [-0.2, 0) is 0 Å². The quantitative estimate of drug-likeness (QED) is 0.134. The van der Waals surface area contributed by atoms with Crippen molar-refractivity contribution in [1.82, 2.24) is 0 Å². The van der Waals surface area contributed by atoms with Gasteiger partial charge >= 0.3 is 0 Å². The van der Waals surface area contributed by atoms with Crippen molar-refractivity contribution in [2.24, 2.45) is 0 Å². The van der Waals surface area contributed by atoms with Crippen LogP contribution in [0.25, 0.3) is 32.3 Å². The Morgan fingerprint density at radius 2 is 0.840 bits per heavy atom. The molecule has 0 amide bonds. The maximum absolute atomic E-state index is 13.9. The van der Waals surface area contributed by atoms with Crippen LogP contribution in [0, 0.1) is 0 Å². The molecule has 0 fully saturated rings. The van der Waals surface area contributed by atoms with Crippen molar-refractivity contribution in [1.29, 1.82) is 0 Å². The van der Waals surface area contributed by atoms with E-state index in [9.17, 15) is 9.59 Å². The number of hydrogen-bond donors (Lipinski definition) is 0. The van der Waals surface area contributed by atoms with Crippen molar-refractivity contribution in [2.45, 2.75) is 0 Å². The predicted octanol–water partition coefficient (Wildman–Crippen LogP) is 12.9. The van der Waals surface area contributed by atoms with Gasteiger partial charge in [0.2, 0.25) is 0 Å². The van der Waals surface area contributed by atoms with E-state index in [0.29, 0.717) is 48.4 Å². The van der Waals surface area contributed by atoms with Crippen LogP contribution in [0.15, 0.2) is 145 Å². The first-order valence-corrected chi connectivity index (χ1v) is 17.3. The molecule has 1 heterocycles. The van der Waals surface area contributed by atoms with Gasteiger partial charge in [0.15, 0.2) is 11.6 Å². The minimum absolute atomic E-state index is 0.0674. The molecule has 50 heavy (non-hydrogen) atoms. The Kier molecular flexibility index (Phi) is 7.27. The van der Waals surface area contributed by atoms with Crippen LogP contribution in [-0.4, -0.2) is 11.6 Å². The number of anilines is 4. The van der Waals surface area contributed by atoms with Gasteiger partial charge in [-0.15, -0.1) is 0 Å². The Balaban J connectivity index is 1.33. The normalized spacial score (nSPS) is 13.9. The van der Waals surface area contributed by atoms with Crippen molar-refractivity contribution in [3.05, 3.63) is 176 Å². The van der Waals surface area contributed by atoms with E-state index in [-0.39, 0.29) is 17.1 Å². The summed E-state index contributed by atoms with van der Waals surface area (Å²) in [4.78, 5) is 31.8. The Morgan fingerprint density at radius 1 is 0.440 bits per heavy atom. The van der Waals surface area contributed by atoms with Gasteiger partial charge < -0.3 is 0 Å². The zero-order chi connectivity index (χ0) is 34.3. The average molecular weight is 728 g/mol. The van der Waals surface area contributed by atoms with Crippen LogP contribution in [0.1, 0.15) is 20.7 Å². The standard InChI is InChI=1S/C42H22Cl4N2O2/c43-32-21-34(45)39(27-13-5-3-11-25(27)32)47-36-15-7-8-16-37(36)48(40-28-14-6-4-12-26(28)33(44)22-35(40)46)38(47)18-17-29-41(49)30-19-23-9-1-2-10-24(23)20-31(30)42(29)50/h1-22H. The summed E-state index contributed by atoms with van der Waals surface area (Å²) < 4.78 is 0. The lowest BCUT2D eigenvalue weighted by atomic mass is 10.0. The number of hydrogen-bond acceptors (Lipinski definition) is 4. The molecule has 0 saturated carbocycles. The fourth-order valence-corrected chi connectivity index (χ4v) is 8.40. The van der Waals surface area contributed by atoms with Gasteiger partial charge in [-0.25, -0.2) is 0 Å². The molecule has 1 aliphatic heterocycles. The first-order chi connectivity index (χ1) is 24.3. The number of benzene rings is 7. The molecule has 0 spiro atoms.